The van der Waals surface area contributed by atoms with Gasteiger partial charge in [-0.3, -0.25) is 4.79 Å². The van der Waals surface area contributed by atoms with Crippen LogP contribution in [-0.4, -0.2) is 31.7 Å². The molecule has 3 amide bonds. The minimum Gasteiger partial charge on any atom is -0.385 e. The van der Waals surface area contributed by atoms with Gasteiger partial charge in [0.05, 0.1) is 5.69 Å². The van der Waals surface area contributed by atoms with E-state index < -0.39 is 6.04 Å². The third kappa shape index (κ3) is 2.93. The van der Waals surface area contributed by atoms with E-state index in [-0.39, 0.29) is 11.9 Å². The first-order valence-electron chi connectivity index (χ1n) is 6.33. The van der Waals surface area contributed by atoms with Crippen molar-refractivity contribution in [2.75, 3.05) is 18.6 Å². The Balaban J connectivity index is 2.08. The summed E-state index contributed by atoms with van der Waals surface area (Å²) in [5.41, 5.74) is 1.70. The van der Waals surface area contributed by atoms with E-state index in [2.05, 4.69) is 5.32 Å². The van der Waals surface area contributed by atoms with Crippen molar-refractivity contribution in [2.24, 2.45) is 0 Å². The fourth-order valence-corrected chi connectivity index (χ4v) is 2.10. The summed E-state index contributed by atoms with van der Waals surface area (Å²) in [6.45, 7) is 2.55. The van der Waals surface area contributed by atoms with E-state index in [1.54, 1.807) is 19.2 Å². The molecule has 1 fully saturated rings. The van der Waals surface area contributed by atoms with Crippen molar-refractivity contribution >= 4 is 17.6 Å². The van der Waals surface area contributed by atoms with Gasteiger partial charge >= 0.3 is 6.03 Å². The first-order valence-corrected chi connectivity index (χ1v) is 6.33. The van der Waals surface area contributed by atoms with Gasteiger partial charge in [0, 0.05) is 13.7 Å². The molecule has 102 valence electrons. The zero-order chi connectivity index (χ0) is 13.8. The number of imide groups is 1. The molecule has 0 spiro atoms. The molecule has 1 aliphatic rings. The summed E-state index contributed by atoms with van der Waals surface area (Å²) in [5.74, 6) is -0.190. The SMILES string of the molecule is COCCCC1NC(=O)N(c2ccc(C)cc2)C1=O. The summed E-state index contributed by atoms with van der Waals surface area (Å²) >= 11 is 0. The quantitative estimate of drug-likeness (QED) is 0.650. The van der Waals surface area contributed by atoms with Gasteiger partial charge in [0.25, 0.3) is 5.91 Å². The highest BCUT2D eigenvalue weighted by molar-refractivity contribution is 6.21. The lowest BCUT2D eigenvalue weighted by Crippen LogP contribution is -2.31. The van der Waals surface area contributed by atoms with Crippen molar-refractivity contribution < 1.29 is 14.3 Å². The highest BCUT2D eigenvalue weighted by Gasteiger charge is 2.38. The number of rotatable bonds is 5. The predicted molar refractivity (Wildman–Crippen MR) is 72.1 cm³/mol. The van der Waals surface area contributed by atoms with Gasteiger partial charge in [-0.15, -0.1) is 0 Å². The molecular formula is C14H18N2O3. The average Bonchev–Trinajstić information content (AvgIpc) is 2.67. The fraction of sp³-hybridized carbons (Fsp3) is 0.429. The minimum atomic E-state index is -0.441. The number of nitrogens with one attached hydrogen (secondary N) is 1. The van der Waals surface area contributed by atoms with Crippen molar-refractivity contribution in [1.82, 2.24) is 5.32 Å². The van der Waals surface area contributed by atoms with E-state index in [4.69, 9.17) is 4.74 Å². The number of nitrogens with zero attached hydrogens (tertiary/aromatic N) is 1. The van der Waals surface area contributed by atoms with Gasteiger partial charge in [0.15, 0.2) is 0 Å². The van der Waals surface area contributed by atoms with Crippen LogP contribution in [0.4, 0.5) is 10.5 Å². The Hall–Kier alpha value is -1.88. The number of benzene rings is 1. The molecule has 2 rings (SSSR count). The Morgan fingerprint density at radius 2 is 1.95 bits per heavy atom. The molecule has 1 aliphatic heterocycles. The molecule has 0 radical (unpaired) electrons. The molecule has 1 unspecified atom stereocenters. The van der Waals surface area contributed by atoms with E-state index in [0.29, 0.717) is 18.7 Å². The molecule has 5 heteroatoms. The third-order valence-corrected chi connectivity index (χ3v) is 3.15. The van der Waals surface area contributed by atoms with E-state index in [9.17, 15) is 9.59 Å². The van der Waals surface area contributed by atoms with Gasteiger partial charge < -0.3 is 10.1 Å². The standard InChI is InChI=1S/C14H18N2O3/c1-10-5-7-11(8-6-10)16-13(17)12(15-14(16)18)4-3-9-19-2/h5-8,12H,3-4,9H2,1-2H3,(H,15,18). The minimum absolute atomic E-state index is 0.190. The van der Waals surface area contributed by atoms with Crippen molar-refractivity contribution in [1.29, 1.82) is 0 Å². The van der Waals surface area contributed by atoms with Crippen LogP contribution in [0, 0.1) is 6.92 Å². The number of hydrogen-bond acceptors (Lipinski definition) is 3. The Labute approximate surface area is 112 Å². The summed E-state index contributed by atoms with van der Waals surface area (Å²) in [6, 6.07) is 6.54. The smallest absolute Gasteiger partial charge is 0.329 e. The Morgan fingerprint density at radius 3 is 2.58 bits per heavy atom. The average molecular weight is 262 g/mol. The van der Waals surface area contributed by atoms with Gasteiger partial charge in [-0.2, -0.15) is 0 Å². The molecule has 0 aromatic heterocycles. The maximum Gasteiger partial charge on any atom is 0.329 e. The molecule has 1 heterocycles. The Bertz CT molecular complexity index is 470. The van der Waals surface area contributed by atoms with E-state index >= 15 is 0 Å². The molecule has 1 aromatic carbocycles. The first kappa shape index (κ1) is 13.5. The molecule has 5 nitrogen and oxygen atoms in total. The van der Waals surface area contributed by atoms with Gasteiger partial charge in [0.2, 0.25) is 0 Å². The molecule has 0 bridgehead atoms. The number of carbonyl (C=O) groups excluding carboxylic acids is 2. The van der Waals surface area contributed by atoms with Crippen LogP contribution in [0.2, 0.25) is 0 Å². The van der Waals surface area contributed by atoms with Crippen molar-refractivity contribution in [3.05, 3.63) is 29.8 Å². The van der Waals surface area contributed by atoms with Gasteiger partial charge in [-0.1, -0.05) is 17.7 Å². The molecule has 19 heavy (non-hydrogen) atoms. The Kier molecular flexibility index (Phi) is 4.16. The van der Waals surface area contributed by atoms with Crippen LogP contribution in [0.1, 0.15) is 18.4 Å². The van der Waals surface area contributed by atoms with Gasteiger partial charge in [-0.25, -0.2) is 9.69 Å². The van der Waals surface area contributed by atoms with Crippen LogP contribution in [0.3, 0.4) is 0 Å². The van der Waals surface area contributed by atoms with Gasteiger partial charge in [-0.05, 0) is 31.9 Å². The number of anilines is 1. The number of amides is 3. The highest BCUT2D eigenvalue weighted by Crippen LogP contribution is 2.21. The predicted octanol–water partition coefficient (Wildman–Crippen LogP) is 1.85. The summed E-state index contributed by atoms with van der Waals surface area (Å²) in [5, 5.41) is 2.71. The highest BCUT2D eigenvalue weighted by atomic mass is 16.5. The second-order valence-electron chi connectivity index (χ2n) is 4.65. The maximum absolute atomic E-state index is 12.2. The van der Waals surface area contributed by atoms with Crippen molar-refractivity contribution in [3.8, 4) is 0 Å². The number of methoxy groups -OCH3 is 1. The van der Waals surface area contributed by atoms with Crippen LogP contribution in [0.5, 0.6) is 0 Å². The molecule has 0 saturated carbocycles. The van der Waals surface area contributed by atoms with Crippen LogP contribution >= 0.6 is 0 Å². The molecule has 1 N–H and O–H groups in total. The summed E-state index contributed by atoms with van der Waals surface area (Å²) in [7, 11) is 1.62. The second-order valence-corrected chi connectivity index (χ2v) is 4.65. The molecule has 0 aliphatic carbocycles. The lowest BCUT2D eigenvalue weighted by molar-refractivity contribution is -0.118. The second kappa shape index (κ2) is 5.84. The molecular weight excluding hydrogens is 244 g/mol. The largest absolute Gasteiger partial charge is 0.385 e. The number of carbonyl (C=O) groups is 2. The normalized spacial score (nSPS) is 18.8. The summed E-state index contributed by atoms with van der Waals surface area (Å²) < 4.78 is 4.95. The number of hydrogen-bond donors (Lipinski definition) is 1. The molecule has 1 atom stereocenters. The summed E-state index contributed by atoms with van der Waals surface area (Å²) in [4.78, 5) is 25.3. The van der Waals surface area contributed by atoms with E-state index in [1.807, 2.05) is 19.1 Å². The van der Waals surface area contributed by atoms with Crippen molar-refractivity contribution in [2.45, 2.75) is 25.8 Å². The lowest BCUT2D eigenvalue weighted by atomic mass is 10.1. The van der Waals surface area contributed by atoms with Crippen LogP contribution in [-0.2, 0) is 9.53 Å². The topological polar surface area (TPSA) is 58.6 Å². The maximum atomic E-state index is 12.2. The third-order valence-electron chi connectivity index (χ3n) is 3.15. The number of urea groups is 1. The van der Waals surface area contributed by atoms with Crippen LogP contribution < -0.4 is 10.2 Å². The fourth-order valence-electron chi connectivity index (χ4n) is 2.10. The van der Waals surface area contributed by atoms with Gasteiger partial charge in [0.1, 0.15) is 6.04 Å². The number of aryl methyl sites for hydroxylation is 1. The molecule has 1 aromatic rings. The number of ether oxygens (including phenoxy) is 1. The Morgan fingerprint density at radius 1 is 1.26 bits per heavy atom. The van der Waals surface area contributed by atoms with Crippen molar-refractivity contribution in [3.63, 3.8) is 0 Å². The monoisotopic (exact) mass is 262 g/mol. The zero-order valence-corrected chi connectivity index (χ0v) is 11.2. The summed E-state index contributed by atoms with van der Waals surface area (Å²) in [6.07, 6.45) is 1.34. The zero-order valence-electron chi connectivity index (χ0n) is 11.2. The molecule has 1 saturated heterocycles. The van der Waals surface area contributed by atoms with Crippen LogP contribution in [0.25, 0.3) is 0 Å². The van der Waals surface area contributed by atoms with E-state index in [0.717, 1.165) is 12.0 Å². The first-order chi connectivity index (χ1) is 9.13. The van der Waals surface area contributed by atoms with Crippen LogP contribution in [0.15, 0.2) is 24.3 Å². The lowest BCUT2D eigenvalue weighted by Gasteiger charge is -2.13. The van der Waals surface area contributed by atoms with E-state index in [1.165, 1.54) is 4.90 Å².